The summed E-state index contributed by atoms with van der Waals surface area (Å²) in [5, 5.41) is 2.25. The first kappa shape index (κ1) is 8.74. The van der Waals surface area contributed by atoms with Crippen LogP contribution in [0.4, 0.5) is 5.69 Å². The highest BCUT2D eigenvalue weighted by Crippen LogP contribution is 2.23. The van der Waals surface area contributed by atoms with Crippen LogP contribution in [0.5, 0.6) is 0 Å². The van der Waals surface area contributed by atoms with E-state index in [1.54, 1.807) is 6.07 Å². The Bertz CT molecular complexity index is 438. The number of anilines is 1. The van der Waals surface area contributed by atoms with Crippen LogP contribution in [-0.2, 0) is 11.2 Å². The first-order chi connectivity index (χ1) is 6.59. The summed E-state index contributed by atoms with van der Waals surface area (Å²) in [7, 11) is 0. The molecule has 0 saturated carbocycles. The number of imide groups is 1. The van der Waals surface area contributed by atoms with Gasteiger partial charge >= 0.3 is 0 Å². The van der Waals surface area contributed by atoms with E-state index in [2.05, 4.69) is 5.32 Å². The number of nitrogens with two attached hydrogens (primary N) is 1. The van der Waals surface area contributed by atoms with E-state index in [0.29, 0.717) is 16.8 Å². The van der Waals surface area contributed by atoms with Gasteiger partial charge in [0.2, 0.25) is 5.91 Å². The minimum absolute atomic E-state index is 0.228. The van der Waals surface area contributed by atoms with Crippen LogP contribution in [0.25, 0.3) is 0 Å². The molecule has 1 heterocycles. The maximum atomic E-state index is 11.5. The first-order valence-electron chi connectivity index (χ1n) is 4.31. The number of amides is 2. The number of carbonyl (C=O) groups excluding carboxylic acids is 2. The fourth-order valence-electron chi connectivity index (χ4n) is 1.59. The summed E-state index contributed by atoms with van der Waals surface area (Å²) < 4.78 is 0. The molecule has 0 aliphatic carbocycles. The molecule has 1 aliphatic heterocycles. The van der Waals surface area contributed by atoms with E-state index < -0.39 is 5.91 Å². The SMILES string of the molecule is Cc1ccc2c(c1N)C(=O)NC(=O)C2. The molecule has 0 radical (unpaired) electrons. The van der Waals surface area contributed by atoms with E-state index in [0.717, 1.165) is 5.56 Å². The lowest BCUT2D eigenvalue weighted by molar-refractivity contribution is -0.119. The van der Waals surface area contributed by atoms with E-state index in [4.69, 9.17) is 5.73 Å². The molecular weight excluding hydrogens is 180 g/mol. The van der Waals surface area contributed by atoms with Gasteiger partial charge in [0.1, 0.15) is 0 Å². The van der Waals surface area contributed by atoms with Crippen molar-refractivity contribution in [3.05, 3.63) is 28.8 Å². The smallest absolute Gasteiger partial charge is 0.260 e. The van der Waals surface area contributed by atoms with Gasteiger partial charge < -0.3 is 5.73 Å². The summed E-state index contributed by atoms with van der Waals surface area (Å²) >= 11 is 0. The van der Waals surface area contributed by atoms with Crippen LogP contribution in [0.15, 0.2) is 12.1 Å². The summed E-state index contributed by atoms with van der Waals surface area (Å²) in [6, 6.07) is 3.59. The molecule has 1 aliphatic rings. The fraction of sp³-hybridized carbons (Fsp3) is 0.200. The van der Waals surface area contributed by atoms with Crippen molar-refractivity contribution in [3.8, 4) is 0 Å². The van der Waals surface area contributed by atoms with Gasteiger partial charge in [0.05, 0.1) is 12.0 Å². The lowest BCUT2D eigenvalue weighted by atomic mass is 9.96. The molecule has 0 atom stereocenters. The van der Waals surface area contributed by atoms with Gasteiger partial charge in [-0.25, -0.2) is 0 Å². The Labute approximate surface area is 81.1 Å². The number of fused-ring (bicyclic) bond motifs is 1. The summed E-state index contributed by atoms with van der Waals surface area (Å²) in [5.74, 6) is -0.664. The average Bonchev–Trinajstić information content (AvgIpc) is 2.10. The predicted molar refractivity (Wildman–Crippen MR) is 51.8 cm³/mol. The zero-order valence-electron chi connectivity index (χ0n) is 7.76. The Balaban J connectivity index is 2.65. The van der Waals surface area contributed by atoms with E-state index >= 15 is 0 Å². The molecule has 0 aromatic heterocycles. The topological polar surface area (TPSA) is 72.2 Å². The number of nitrogens with one attached hydrogen (secondary N) is 1. The van der Waals surface area contributed by atoms with Crippen molar-refractivity contribution in [2.75, 3.05) is 5.73 Å². The van der Waals surface area contributed by atoms with Crippen molar-refractivity contribution in [1.82, 2.24) is 5.32 Å². The van der Waals surface area contributed by atoms with E-state index in [-0.39, 0.29) is 12.3 Å². The molecule has 0 bridgehead atoms. The van der Waals surface area contributed by atoms with Crippen molar-refractivity contribution in [3.63, 3.8) is 0 Å². The third-order valence-electron chi connectivity index (χ3n) is 2.38. The number of rotatable bonds is 0. The lowest BCUT2D eigenvalue weighted by Gasteiger charge is -2.17. The summed E-state index contributed by atoms with van der Waals surface area (Å²) in [6.45, 7) is 1.83. The Kier molecular flexibility index (Phi) is 1.77. The Morgan fingerprint density at radius 1 is 1.36 bits per heavy atom. The predicted octanol–water partition coefficient (Wildman–Crippen LogP) is 0.390. The maximum absolute atomic E-state index is 11.5. The van der Waals surface area contributed by atoms with Crippen molar-refractivity contribution in [1.29, 1.82) is 0 Å². The first-order valence-corrected chi connectivity index (χ1v) is 4.31. The third kappa shape index (κ3) is 1.16. The molecule has 4 heteroatoms. The van der Waals surface area contributed by atoms with Crippen molar-refractivity contribution in [2.24, 2.45) is 0 Å². The van der Waals surface area contributed by atoms with Gasteiger partial charge in [0.25, 0.3) is 5.91 Å². The molecule has 14 heavy (non-hydrogen) atoms. The number of hydrogen-bond acceptors (Lipinski definition) is 3. The number of nitrogen functional groups attached to an aromatic ring is 1. The second kappa shape index (κ2) is 2.83. The molecule has 1 aromatic carbocycles. The molecule has 0 saturated heterocycles. The minimum atomic E-state index is -0.391. The molecule has 0 unspecified atom stereocenters. The quantitative estimate of drug-likeness (QED) is 0.459. The summed E-state index contributed by atoms with van der Waals surface area (Å²) in [6.07, 6.45) is 0.228. The van der Waals surface area contributed by atoms with Gasteiger partial charge in [-0.2, -0.15) is 0 Å². The Morgan fingerprint density at radius 3 is 2.79 bits per heavy atom. The van der Waals surface area contributed by atoms with Crippen molar-refractivity contribution in [2.45, 2.75) is 13.3 Å². The molecule has 4 nitrogen and oxygen atoms in total. The van der Waals surface area contributed by atoms with Crippen LogP contribution in [0.1, 0.15) is 21.5 Å². The largest absolute Gasteiger partial charge is 0.398 e. The Hall–Kier alpha value is -1.84. The van der Waals surface area contributed by atoms with Gasteiger partial charge in [-0.1, -0.05) is 12.1 Å². The minimum Gasteiger partial charge on any atom is -0.398 e. The van der Waals surface area contributed by atoms with Gasteiger partial charge in [-0.05, 0) is 18.1 Å². The zero-order valence-corrected chi connectivity index (χ0v) is 7.76. The van der Waals surface area contributed by atoms with Gasteiger partial charge in [0, 0.05) is 5.69 Å². The van der Waals surface area contributed by atoms with Crippen LogP contribution in [0.2, 0.25) is 0 Å². The number of carbonyl (C=O) groups is 2. The van der Waals surface area contributed by atoms with Crippen LogP contribution >= 0.6 is 0 Å². The normalized spacial score (nSPS) is 14.9. The maximum Gasteiger partial charge on any atom is 0.260 e. The van der Waals surface area contributed by atoms with E-state index in [1.807, 2.05) is 13.0 Å². The van der Waals surface area contributed by atoms with Crippen molar-refractivity contribution < 1.29 is 9.59 Å². The number of benzene rings is 1. The van der Waals surface area contributed by atoms with Crippen LogP contribution < -0.4 is 11.1 Å². The van der Waals surface area contributed by atoms with Gasteiger partial charge in [-0.15, -0.1) is 0 Å². The second-order valence-electron chi connectivity index (χ2n) is 3.38. The summed E-state index contributed by atoms with van der Waals surface area (Å²) in [5.41, 5.74) is 8.25. The standard InChI is InChI=1S/C10H10N2O2/c1-5-2-3-6-4-7(13)12-10(14)8(6)9(5)11/h2-3H,4,11H2,1H3,(H,12,13,14). The molecule has 2 rings (SSSR count). The molecular formula is C10H10N2O2. The molecule has 0 spiro atoms. The molecule has 1 aromatic rings. The number of hydrogen-bond donors (Lipinski definition) is 2. The van der Waals surface area contributed by atoms with Crippen LogP contribution in [0.3, 0.4) is 0 Å². The van der Waals surface area contributed by atoms with Gasteiger partial charge in [-0.3, -0.25) is 14.9 Å². The highest BCUT2D eigenvalue weighted by atomic mass is 16.2. The van der Waals surface area contributed by atoms with E-state index in [1.165, 1.54) is 0 Å². The van der Waals surface area contributed by atoms with Crippen LogP contribution in [-0.4, -0.2) is 11.8 Å². The van der Waals surface area contributed by atoms with Crippen LogP contribution in [0, 0.1) is 6.92 Å². The molecule has 2 amide bonds. The summed E-state index contributed by atoms with van der Waals surface area (Å²) in [4.78, 5) is 22.5. The second-order valence-corrected chi connectivity index (χ2v) is 3.38. The molecule has 72 valence electrons. The monoisotopic (exact) mass is 190 g/mol. The molecule has 3 N–H and O–H groups in total. The lowest BCUT2D eigenvalue weighted by Crippen LogP contribution is -2.37. The van der Waals surface area contributed by atoms with Crippen molar-refractivity contribution >= 4 is 17.5 Å². The van der Waals surface area contributed by atoms with Gasteiger partial charge in [0.15, 0.2) is 0 Å². The number of aryl methyl sites for hydroxylation is 1. The average molecular weight is 190 g/mol. The fourth-order valence-corrected chi connectivity index (χ4v) is 1.59. The highest BCUT2D eigenvalue weighted by molar-refractivity contribution is 6.12. The van der Waals surface area contributed by atoms with E-state index in [9.17, 15) is 9.59 Å². The zero-order chi connectivity index (χ0) is 10.3. The molecule has 0 fully saturated rings. The highest BCUT2D eigenvalue weighted by Gasteiger charge is 2.24. The Morgan fingerprint density at radius 2 is 2.07 bits per heavy atom. The third-order valence-corrected chi connectivity index (χ3v) is 2.38.